The third-order valence-corrected chi connectivity index (χ3v) is 3.67. The summed E-state index contributed by atoms with van der Waals surface area (Å²) < 4.78 is 2.30. The van der Waals surface area contributed by atoms with Gasteiger partial charge in [-0.25, -0.2) is 9.59 Å². The summed E-state index contributed by atoms with van der Waals surface area (Å²) in [6.07, 6.45) is 0. The van der Waals surface area contributed by atoms with Gasteiger partial charge < -0.3 is 4.98 Å². The summed E-state index contributed by atoms with van der Waals surface area (Å²) in [5.41, 5.74) is 1.75. The molecule has 0 amide bonds. The first-order chi connectivity index (χ1) is 10.6. The fourth-order valence-corrected chi connectivity index (χ4v) is 2.54. The van der Waals surface area contributed by atoms with Crippen LogP contribution < -0.4 is 11.4 Å². The maximum Gasteiger partial charge on any atom is 0.359 e. The van der Waals surface area contributed by atoms with Gasteiger partial charge in [-0.05, 0) is 31.2 Å². The van der Waals surface area contributed by atoms with Crippen molar-refractivity contribution in [3.05, 3.63) is 75.1 Å². The van der Waals surface area contributed by atoms with Gasteiger partial charge in [0.25, 0.3) is 0 Å². The fraction of sp³-hybridized carbons (Fsp3) is 0.0625. The number of hydrogen-bond acceptors (Lipinski definition) is 3. The van der Waals surface area contributed by atoms with Crippen LogP contribution in [0.1, 0.15) is 5.56 Å². The second kappa shape index (κ2) is 4.42. The second-order valence-electron chi connectivity index (χ2n) is 5.16. The average Bonchev–Trinajstić information content (AvgIpc) is 2.87. The van der Waals surface area contributed by atoms with Crippen molar-refractivity contribution in [2.75, 3.05) is 0 Å². The molecule has 0 fully saturated rings. The Hall–Kier alpha value is -3.15. The number of benzene rings is 2. The molecule has 0 unspecified atom stereocenters. The summed E-state index contributed by atoms with van der Waals surface area (Å²) in [6.45, 7) is 1.97. The molecule has 0 aliphatic carbocycles. The Labute approximate surface area is 124 Å². The van der Waals surface area contributed by atoms with Crippen LogP contribution in [-0.2, 0) is 0 Å². The van der Waals surface area contributed by atoms with Crippen LogP contribution in [0.25, 0.3) is 22.2 Å². The molecule has 0 radical (unpaired) electrons. The van der Waals surface area contributed by atoms with Gasteiger partial charge in [-0.3, -0.25) is 0 Å². The van der Waals surface area contributed by atoms with E-state index in [0.29, 0.717) is 16.9 Å². The zero-order valence-corrected chi connectivity index (χ0v) is 11.8. The van der Waals surface area contributed by atoms with Crippen LogP contribution in [-0.4, -0.2) is 19.2 Å². The van der Waals surface area contributed by atoms with Gasteiger partial charge >= 0.3 is 11.4 Å². The Morgan fingerprint density at radius 2 is 1.73 bits per heavy atom. The Morgan fingerprint density at radius 1 is 1.00 bits per heavy atom. The van der Waals surface area contributed by atoms with Gasteiger partial charge in [-0.2, -0.15) is 9.08 Å². The van der Waals surface area contributed by atoms with Gasteiger partial charge in [0.1, 0.15) is 0 Å². The quantitative estimate of drug-likeness (QED) is 0.579. The van der Waals surface area contributed by atoms with Gasteiger partial charge in [-0.15, -0.1) is 5.10 Å². The Morgan fingerprint density at radius 3 is 2.50 bits per heavy atom. The largest absolute Gasteiger partial charge is 0.359 e. The van der Waals surface area contributed by atoms with Crippen molar-refractivity contribution < 1.29 is 0 Å². The molecule has 0 aliphatic rings. The number of H-pyrrole nitrogens is 1. The molecule has 6 nitrogen and oxygen atoms in total. The molecule has 0 spiro atoms. The van der Waals surface area contributed by atoms with E-state index in [2.05, 4.69) is 10.1 Å². The number of hydrogen-bond donors (Lipinski definition) is 1. The van der Waals surface area contributed by atoms with Gasteiger partial charge in [0.2, 0.25) is 0 Å². The lowest BCUT2D eigenvalue weighted by atomic mass is 10.2. The second-order valence-corrected chi connectivity index (χ2v) is 5.16. The maximum absolute atomic E-state index is 12.5. The number of aryl methyl sites for hydroxylation is 1. The van der Waals surface area contributed by atoms with E-state index in [9.17, 15) is 9.59 Å². The van der Waals surface area contributed by atoms with Crippen molar-refractivity contribution in [2.24, 2.45) is 0 Å². The number of nitrogens with one attached hydrogen (secondary N) is 1. The lowest BCUT2D eigenvalue weighted by molar-refractivity contribution is 0.827. The van der Waals surface area contributed by atoms with Crippen LogP contribution in [0.4, 0.5) is 0 Å². The topological polar surface area (TPSA) is 72.2 Å². The highest BCUT2D eigenvalue weighted by atomic mass is 16.2. The number of rotatable bonds is 1. The smallest absolute Gasteiger partial charge is 0.306 e. The number of fused-ring (bicyclic) bond motifs is 3. The molecule has 0 aliphatic heterocycles. The van der Waals surface area contributed by atoms with E-state index in [1.165, 1.54) is 4.68 Å². The molecular formula is C16H12N4O2. The summed E-state index contributed by atoms with van der Waals surface area (Å²) in [5, 5.41) is 5.08. The highest BCUT2D eigenvalue weighted by Crippen LogP contribution is 2.14. The molecule has 0 saturated carbocycles. The first-order valence-electron chi connectivity index (χ1n) is 6.85. The first-order valence-corrected chi connectivity index (χ1v) is 6.85. The predicted octanol–water partition coefficient (Wildman–Crippen LogP) is 1.64. The van der Waals surface area contributed by atoms with Crippen LogP contribution in [0.5, 0.6) is 0 Å². The number of aromatic nitrogens is 4. The zero-order chi connectivity index (χ0) is 15.3. The fourth-order valence-electron chi connectivity index (χ4n) is 2.54. The maximum atomic E-state index is 12.5. The molecule has 1 N–H and O–H groups in total. The van der Waals surface area contributed by atoms with Gasteiger partial charge in [0, 0.05) is 5.39 Å². The van der Waals surface area contributed by atoms with E-state index >= 15 is 0 Å². The van der Waals surface area contributed by atoms with Crippen molar-refractivity contribution in [3.8, 4) is 5.69 Å². The summed E-state index contributed by atoms with van der Waals surface area (Å²) in [5.74, 6) is 0. The lowest BCUT2D eigenvalue weighted by Gasteiger charge is -1.98. The number of aromatic amines is 1. The van der Waals surface area contributed by atoms with E-state index in [1.54, 1.807) is 18.2 Å². The summed E-state index contributed by atoms with van der Waals surface area (Å²) in [4.78, 5) is 27.4. The van der Waals surface area contributed by atoms with Crippen LogP contribution in [0.2, 0.25) is 0 Å². The molecule has 2 aromatic carbocycles. The lowest BCUT2D eigenvalue weighted by Crippen LogP contribution is -2.29. The standard InChI is InChI=1S/C16H12N4O2/c1-10-6-8-11(9-7-10)20-16(22)19-14(18-20)12-4-2-3-5-13(12)17-15(19)21/h2-9H,1H3,(H,17,21). The molecule has 108 valence electrons. The molecule has 4 rings (SSSR count). The van der Waals surface area contributed by atoms with Gasteiger partial charge in [-0.1, -0.05) is 29.8 Å². The molecule has 0 bridgehead atoms. The van der Waals surface area contributed by atoms with E-state index in [0.717, 1.165) is 15.4 Å². The van der Waals surface area contributed by atoms with Gasteiger partial charge in [0.05, 0.1) is 11.2 Å². The van der Waals surface area contributed by atoms with E-state index in [1.807, 2.05) is 37.3 Å². The Balaban J connectivity index is 2.15. The average molecular weight is 292 g/mol. The van der Waals surface area contributed by atoms with Crippen molar-refractivity contribution in [1.82, 2.24) is 19.2 Å². The minimum absolute atomic E-state index is 0.352. The molecule has 0 saturated heterocycles. The van der Waals surface area contributed by atoms with Crippen LogP contribution in [0, 0.1) is 6.92 Å². The Bertz CT molecular complexity index is 1120. The third kappa shape index (κ3) is 1.70. The minimum Gasteiger partial charge on any atom is -0.306 e. The first kappa shape index (κ1) is 12.6. The normalized spacial score (nSPS) is 11.3. The van der Waals surface area contributed by atoms with Crippen molar-refractivity contribution >= 4 is 16.6 Å². The van der Waals surface area contributed by atoms with E-state index < -0.39 is 11.4 Å². The molecule has 4 aromatic rings. The van der Waals surface area contributed by atoms with E-state index in [4.69, 9.17) is 0 Å². The summed E-state index contributed by atoms with van der Waals surface area (Å²) in [7, 11) is 0. The molecule has 22 heavy (non-hydrogen) atoms. The molecule has 2 aromatic heterocycles. The predicted molar refractivity (Wildman–Crippen MR) is 83.7 cm³/mol. The molecule has 2 heterocycles. The van der Waals surface area contributed by atoms with Crippen molar-refractivity contribution in [1.29, 1.82) is 0 Å². The van der Waals surface area contributed by atoms with Gasteiger partial charge in [0.15, 0.2) is 5.65 Å². The number of nitrogens with zero attached hydrogens (tertiary/aromatic N) is 3. The summed E-state index contributed by atoms with van der Waals surface area (Å²) >= 11 is 0. The van der Waals surface area contributed by atoms with Crippen LogP contribution in [0.3, 0.4) is 0 Å². The Kier molecular flexibility index (Phi) is 2.53. The minimum atomic E-state index is -0.489. The van der Waals surface area contributed by atoms with Crippen molar-refractivity contribution in [3.63, 3.8) is 0 Å². The molecular weight excluding hydrogens is 280 g/mol. The van der Waals surface area contributed by atoms with Crippen LogP contribution >= 0.6 is 0 Å². The molecule has 0 atom stereocenters. The van der Waals surface area contributed by atoms with E-state index in [-0.39, 0.29) is 0 Å². The van der Waals surface area contributed by atoms with Crippen LogP contribution in [0.15, 0.2) is 58.1 Å². The number of para-hydroxylation sites is 1. The monoisotopic (exact) mass is 292 g/mol. The van der Waals surface area contributed by atoms with Crippen molar-refractivity contribution in [2.45, 2.75) is 6.92 Å². The SMILES string of the molecule is Cc1ccc(-n2nc3c4ccccc4[nH]c(=O)n3c2=O)cc1. The zero-order valence-electron chi connectivity index (χ0n) is 11.8. The molecule has 6 heteroatoms. The third-order valence-electron chi connectivity index (χ3n) is 3.67. The highest BCUT2D eigenvalue weighted by Gasteiger charge is 2.14. The summed E-state index contributed by atoms with van der Waals surface area (Å²) in [6, 6.07) is 14.7. The highest BCUT2D eigenvalue weighted by molar-refractivity contribution is 5.90.